The van der Waals surface area contributed by atoms with Crippen molar-refractivity contribution in [3.8, 4) is 0 Å². The van der Waals surface area contributed by atoms with Gasteiger partial charge >= 0.3 is 0 Å². The molecule has 4 rings (SSSR count). The molecule has 3 atom stereocenters. The first-order valence-electron chi connectivity index (χ1n) is 12.3. The van der Waals surface area contributed by atoms with Crippen LogP contribution in [0.4, 0.5) is 8.78 Å². The average Bonchev–Trinajstić information content (AvgIpc) is 3.23. The van der Waals surface area contributed by atoms with Crippen LogP contribution in [0.25, 0.3) is 0 Å². The minimum Gasteiger partial charge on any atom is -0.347 e. The van der Waals surface area contributed by atoms with Crippen LogP contribution in [0.15, 0.2) is 42.5 Å². The van der Waals surface area contributed by atoms with E-state index >= 15 is 4.39 Å². The van der Waals surface area contributed by atoms with Crippen LogP contribution in [-0.4, -0.2) is 65.6 Å². The van der Waals surface area contributed by atoms with Crippen molar-refractivity contribution in [2.24, 2.45) is 11.8 Å². The van der Waals surface area contributed by atoms with Gasteiger partial charge in [0.15, 0.2) is 0 Å². The Hall–Kier alpha value is -3.29. The lowest BCUT2D eigenvalue weighted by molar-refractivity contribution is -0.169. The molecule has 1 saturated heterocycles. The Balaban J connectivity index is 1.83. The third kappa shape index (κ3) is 4.61. The second kappa shape index (κ2) is 9.99. The maximum Gasteiger partial charge on any atom is 0.249 e. The number of halogens is 2. The van der Waals surface area contributed by atoms with Crippen LogP contribution in [-0.2, 0) is 27.2 Å². The van der Waals surface area contributed by atoms with Crippen LogP contribution in [0.2, 0.25) is 0 Å². The highest BCUT2D eigenvalue weighted by Crippen LogP contribution is 2.39. The molecule has 0 aromatic heterocycles. The molecule has 3 amide bonds. The largest absolute Gasteiger partial charge is 0.347 e. The summed E-state index contributed by atoms with van der Waals surface area (Å²) in [5.41, 5.74) is 2.15. The Labute approximate surface area is 210 Å². The van der Waals surface area contributed by atoms with Crippen LogP contribution in [0.5, 0.6) is 0 Å². The van der Waals surface area contributed by atoms with Crippen LogP contribution >= 0.6 is 0 Å². The van der Waals surface area contributed by atoms with Gasteiger partial charge in [0.25, 0.3) is 0 Å². The number of hydrogen-bond acceptors (Lipinski definition) is 3. The van der Waals surface area contributed by atoms with E-state index < -0.39 is 35.7 Å². The quantitative estimate of drug-likeness (QED) is 0.613. The number of amides is 3. The molecule has 192 valence electrons. The van der Waals surface area contributed by atoms with Crippen molar-refractivity contribution in [2.75, 3.05) is 21.1 Å². The number of fused-ring (bicyclic) bond motifs is 1. The molecule has 36 heavy (non-hydrogen) atoms. The Morgan fingerprint density at radius 2 is 1.64 bits per heavy atom. The predicted octanol–water partition coefficient (Wildman–Crippen LogP) is 3.59. The molecule has 2 aliphatic rings. The lowest BCUT2D eigenvalue weighted by Gasteiger charge is -2.48. The van der Waals surface area contributed by atoms with Crippen molar-refractivity contribution in [3.63, 3.8) is 0 Å². The summed E-state index contributed by atoms with van der Waals surface area (Å²) in [4.78, 5) is 45.6. The standard InChI is InChI=1S/C28H33F2N3O3/c1-16(2)12-23-26(34)32(5)24(19-13-17-8-6-7-9-18(17)14-19)28(36)33(23)25(27(35)31(3)4)21-11-10-20(29)15-22(21)30/h6-11,15-16,19,23-25H,12-14H2,1-5H3. The maximum atomic E-state index is 15.1. The number of piperazine rings is 1. The number of nitrogens with zero attached hydrogens (tertiary/aromatic N) is 3. The Kier molecular flexibility index (Phi) is 7.16. The number of benzene rings is 2. The highest BCUT2D eigenvalue weighted by atomic mass is 19.1. The summed E-state index contributed by atoms with van der Waals surface area (Å²) in [6, 6.07) is 7.79. The minimum atomic E-state index is -1.39. The zero-order valence-electron chi connectivity index (χ0n) is 21.4. The molecule has 1 aliphatic heterocycles. The fourth-order valence-electron chi connectivity index (χ4n) is 5.63. The van der Waals surface area contributed by atoms with Crippen molar-refractivity contribution in [2.45, 2.75) is 51.2 Å². The van der Waals surface area contributed by atoms with Crippen molar-refractivity contribution in [3.05, 3.63) is 70.8 Å². The van der Waals surface area contributed by atoms with Gasteiger partial charge in [0, 0.05) is 32.8 Å². The maximum absolute atomic E-state index is 15.1. The van der Waals surface area contributed by atoms with E-state index in [1.54, 1.807) is 7.05 Å². The van der Waals surface area contributed by atoms with E-state index in [1.165, 1.54) is 34.9 Å². The molecule has 0 spiro atoms. The Bertz CT molecular complexity index is 1160. The first-order chi connectivity index (χ1) is 17.0. The molecule has 1 heterocycles. The molecule has 0 saturated carbocycles. The molecule has 2 aromatic carbocycles. The zero-order valence-corrected chi connectivity index (χ0v) is 21.4. The molecule has 2 aromatic rings. The molecular formula is C28H33F2N3O3. The van der Waals surface area contributed by atoms with Crippen molar-refractivity contribution in [1.29, 1.82) is 0 Å². The monoisotopic (exact) mass is 497 g/mol. The normalized spacial score (nSPS) is 21.2. The molecule has 0 radical (unpaired) electrons. The number of hydrogen-bond donors (Lipinski definition) is 0. The van der Waals surface area contributed by atoms with E-state index in [0.717, 1.165) is 17.2 Å². The Morgan fingerprint density at radius 3 is 2.17 bits per heavy atom. The van der Waals surface area contributed by atoms with Crippen molar-refractivity contribution >= 4 is 17.7 Å². The number of carbonyl (C=O) groups excluding carboxylic acids is 3. The highest BCUT2D eigenvalue weighted by molar-refractivity contribution is 6.00. The summed E-state index contributed by atoms with van der Waals surface area (Å²) in [6.07, 6.45) is 1.57. The summed E-state index contributed by atoms with van der Waals surface area (Å²) < 4.78 is 28.9. The van der Waals surface area contributed by atoms with Gasteiger partial charge < -0.3 is 14.7 Å². The SMILES string of the molecule is CC(C)CC1C(=O)N(C)C(C2Cc3ccccc3C2)C(=O)N1C(C(=O)N(C)C)c1ccc(F)cc1F. The summed E-state index contributed by atoms with van der Waals surface area (Å²) in [5.74, 6) is -3.06. The molecule has 0 N–H and O–H groups in total. The van der Waals surface area contributed by atoms with Crippen LogP contribution in [0.1, 0.15) is 43.0 Å². The lowest BCUT2D eigenvalue weighted by atomic mass is 9.86. The van der Waals surface area contributed by atoms with E-state index in [2.05, 4.69) is 0 Å². The van der Waals surface area contributed by atoms with Gasteiger partial charge in [-0.1, -0.05) is 44.2 Å². The Morgan fingerprint density at radius 1 is 1.03 bits per heavy atom. The first-order valence-corrected chi connectivity index (χ1v) is 12.3. The van der Waals surface area contributed by atoms with Crippen molar-refractivity contribution < 1.29 is 23.2 Å². The molecular weight excluding hydrogens is 464 g/mol. The van der Waals surface area contributed by atoms with Gasteiger partial charge in [-0.15, -0.1) is 0 Å². The first kappa shape index (κ1) is 25.8. The highest BCUT2D eigenvalue weighted by Gasteiger charge is 2.52. The predicted molar refractivity (Wildman–Crippen MR) is 132 cm³/mol. The van der Waals surface area contributed by atoms with E-state index in [0.29, 0.717) is 25.3 Å². The number of rotatable bonds is 6. The molecule has 6 nitrogen and oxygen atoms in total. The fraction of sp³-hybridized carbons (Fsp3) is 0.464. The smallest absolute Gasteiger partial charge is 0.249 e. The van der Waals surface area contributed by atoms with Gasteiger partial charge in [-0.05, 0) is 48.3 Å². The summed E-state index contributed by atoms with van der Waals surface area (Å²) in [5, 5.41) is 0. The van der Waals surface area contributed by atoms with Crippen LogP contribution in [0.3, 0.4) is 0 Å². The molecule has 0 bridgehead atoms. The molecule has 3 unspecified atom stereocenters. The number of carbonyl (C=O) groups is 3. The third-order valence-electron chi connectivity index (χ3n) is 7.33. The molecule has 8 heteroatoms. The van der Waals surface area contributed by atoms with E-state index in [-0.39, 0.29) is 29.2 Å². The van der Waals surface area contributed by atoms with Gasteiger partial charge in [-0.2, -0.15) is 0 Å². The van der Waals surface area contributed by atoms with E-state index in [1.807, 2.05) is 38.1 Å². The summed E-state index contributed by atoms with van der Waals surface area (Å²) in [7, 11) is 4.67. The zero-order chi connectivity index (χ0) is 26.3. The van der Waals surface area contributed by atoms with Gasteiger partial charge in [0.05, 0.1) is 0 Å². The van der Waals surface area contributed by atoms with E-state index in [4.69, 9.17) is 0 Å². The number of likely N-dealkylation sites (N-methyl/N-ethyl adjacent to an activating group) is 2. The fourth-order valence-corrected chi connectivity index (χ4v) is 5.63. The molecule has 1 aliphatic carbocycles. The summed E-state index contributed by atoms with van der Waals surface area (Å²) in [6.45, 7) is 3.85. The van der Waals surface area contributed by atoms with Gasteiger partial charge in [0.1, 0.15) is 29.8 Å². The second-order valence-electron chi connectivity index (χ2n) is 10.5. The second-order valence-corrected chi connectivity index (χ2v) is 10.5. The van der Waals surface area contributed by atoms with Gasteiger partial charge in [0.2, 0.25) is 17.7 Å². The van der Waals surface area contributed by atoms with Gasteiger partial charge in [-0.3, -0.25) is 14.4 Å². The third-order valence-corrected chi connectivity index (χ3v) is 7.33. The average molecular weight is 498 g/mol. The van der Waals surface area contributed by atoms with Crippen LogP contribution < -0.4 is 0 Å². The van der Waals surface area contributed by atoms with Gasteiger partial charge in [-0.25, -0.2) is 8.78 Å². The summed E-state index contributed by atoms with van der Waals surface area (Å²) >= 11 is 0. The van der Waals surface area contributed by atoms with Crippen LogP contribution in [0, 0.1) is 23.5 Å². The van der Waals surface area contributed by atoms with E-state index in [9.17, 15) is 18.8 Å². The molecule has 1 fully saturated rings. The topological polar surface area (TPSA) is 60.9 Å². The minimum absolute atomic E-state index is 0.0307. The van der Waals surface area contributed by atoms with Crippen molar-refractivity contribution in [1.82, 2.24) is 14.7 Å². The lowest BCUT2D eigenvalue weighted by Crippen LogP contribution is -2.67.